The summed E-state index contributed by atoms with van der Waals surface area (Å²) in [5.41, 5.74) is 0.512. The number of furan rings is 1. The Bertz CT molecular complexity index is 910. The molecule has 1 aromatic carbocycles. The van der Waals surface area contributed by atoms with Gasteiger partial charge in [-0.25, -0.2) is 0 Å². The molecule has 0 aliphatic carbocycles. The molecule has 29 heavy (non-hydrogen) atoms. The number of benzene rings is 1. The van der Waals surface area contributed by atoms with Crippen molar-refractivity contribution >= 4 is 17.4 Å². The van der Waals surface area contributed by atoms with Crippen LogP contribution in [0.15, 0.2) is 46.4 Å². The van der Waals surface area contributed by atoms with Crippen molar-refractivity contribution < 1.29 is 23.8 Å². The van der Waals surface area contributed by atoms with Crippen LogP contribution in [-0.4, -0.2) is 34.8 Å². The molecule has 1 N–H and O–H groups in total. The van der Waals surface area contributed by atoms with Crippen LogP contribution in [0, 0.1) is 6.92 Å². The Morgan fingerprint density at radius 3 is 2.41 bits per heavy atom. The zero-order chi connectivity index (χ0) is 21.0. The molecule has 3 rings (SSSR count). The summed E-state index contributed by atoms with van der Waals surface area (Å²) >= 11 is 0. The molecule has 1 aliphatic rings. The van der Waals surface area contributed by atoms with Gasteiger partial charge in [-0.15, -0.1) is 0 Å². The monoisotopic (exact) mass is 397 g/mol. The van der Waals surface area contributed by atoms with E-state index in [0.717, 1.165) is 19.3 Å². The summed E-state index contributed by atoms with van der Waals surface area (Å²) < 4.78 is 11.2. The lowest BCUT2D eigenvalue weighted by Gasteiger charge is -2.23. The average Bonchev–Trinajstić information content (AvgIpc) is 3.24. The van der Waals surface area contributed by atoms with Gasteiger partial charge in [0.2, 0.25) is 0 Å². The standard InChI is InChI=1S/C23H27NO5/c1-4-6-7-14-24-20(18-13-8-15(3)29-18)19(22(26)23(24)27)21(25)16-9-11-17(12-10-16)28-5-2/h8-13,20,25H,4-7,14H2,1-3H3/b21-19-. The summed E-state index contributed by atoms with van der Waals surface area (Å²) in [6.07, 6.45) is 2.73. The number of carbonyl (C=O) groups excluding carboxylic acids is 2. The second kappa shape index (κ2) is 8.99. The summed E-state index contributed by atoms with van der Waals surface area (Å²) in [5.74, 6) is 0.330. The average molecular weight is 397 g/mol. The molecule has 2 aromatic rings. The molecule has 0 saturated carbocycles. The maximum Gasteiger partial charge on any atom is 0.295 e. The van der Waals surface area contributed by atoms with E-state index in [2.05, 4.69) is 6.92 Å². The van der Waals surface area contributed by atoms with Crippen LogP contribution in [0.25, 0.3) is 5.76 Å². The fraction of sp³-hybridized carbons (Fsp3) is 0.391. The molecule has 0 bridgehead atoms. The Morgan fingerprint density at radius 2 is 1.83 bits per heavy atom. The van der Waals surface area contributed by atoms with Gasteiger partial charge in [-0.3, -0.25) is 9.59 Å². The Hall–Kier alpha value is -3.02. The van der Waals surface area contributed by atoms with Crippen molar-refractivity contribution in [1.82, 2.24) is 4.90 Å². The van der Waals surface area contributed by atoms with Crippen LogP contribution >= 0.6 is 0 Å². The van der Waals surface area contributed by atoms with Gasteiger partial charge in [-0.1, -0.05) is 19.8 Å². The number of ketones is 1. The molecule has 0 radical (unpaired) electrons. The molecule has 6 nitrogen and oxygen atoms in total. The van der Waals surface area contributed by atoms with Gasteiger partial charge < -0.3 is 19.2 Å². The number of unbranched alkanes of at least 4 members (excludes halogenated alkanes) is 2. The van der Waals surface area contributed by atoms with Crippen LogP contribution in [-0.2, 0) is 9.59 Å². The second-order valence-electron chi connectivity index (χ2n) is 7.11. The molecule has 1 unspecified atom stereocenters. The molecular formula is C23H27NO5. The highest BCUT2D eigenvalue weighted by atomic mass is 16.5. The van der Waals surface area contributed by atoms with E-state index >= 15 is 0 Å². The van der Waals surface area contributed by atoms with Gasteiger partial charge in [0.25, 0.3) is 11.7 Å². The van der Waals surface area contributed by atoms with Crippen LogP contribution in [0.1, 0.15) is 56.2 Å². The Balaban J connectivity index is 2.04. The summed E-state index contributed by atoms with van der Waals surface area (Å²) in [6.45, 7) is 6.74. The minimum absolute atomic E-state index is 0.0602. The SMILES string of the molecule is CCCCCN1C(=O)C(=O)/C(=C(\O)c2ccc(OCC)cc2)C1c1ccc(C)o1. The minimum Gasteiger partial charge on any atom is -0.507 e. The zero-order valence-corrected chi connectivity index (χ0v) is 17.1. The predicted octanol–water partition coefficient (Wildman–Crippen LogP) is 4.60. The zero-order valence-electron chi connectivity index (χ0n) is 17.1. The summed E-state index contributed by atoms with van der Waals surface area (Å²) in [4.78, 5) is 27.1. The van der Waals surface area contributed by atoms with Crippen molar-refractivity contribution in [3.8, 4) is 5.75 Å². The number of aryl methyl sites for hydroxylation is 1. The first-order chi connectivity index (χ1) is 14.0. The third-order valence-corrected chi connectivity index (χ3v) is 5.01. The van der Waals surface area contributed by atoms with E-state index in [-0.39, 0.29) is 11.3 Å². The molecule has 2 heterocycles. The van der Waals surface area contributed by atoms with E-state index in [4.69, 9.17) is 9.15 Å². The largest absolute Gasteiger partial charge is 0.507 e. The third kappa shape index (κ3) is 4.21. The van der Waals surface area contributed by atoms with Crippen LogP contribution in [0.2, 0.25) is 0 Å². The van der Waals surface area contributed by atoms with Crippen LogP contribution < -0.4 is 4.74 Å². The number of nitrogens with zero attached hydrogens (tertiary/aromatic N) is 1. The minimum atomic E-state index is -0.730. The van der Waals surface area contributed by atoms with Crippen molar-refractivity contribution in [1.29, 1.82) is 0 Å². The van der Waals surface area contributed by atoms with Crippen molar-refractivity contribution in [2.75, 3.05) is 13.2 Å². The normalized spacial score (nSPS) is 18.4. The first-order valence-corrected chi connectivity index (χ1v) is 10.1. The number of carbonyl (C=O) groups is 2. The summed E-state index contributed by atoms with van der Waals surface area (Å²) in [5, 5.41) is 11.0. The number of hydrogen-bond acceptors (Lipinski definition) is 5. The van der Waals surface area contributed by atoms with E-state index < -0.39 is 17.7 Å². The van der Waals surface area contributed by atoms with E-state index in [9.17, 15) is 14.7 Å². The Labute approximate surface area is 170 Å². The first kappa shape index (κ1) is 20.7. The van der Waals surface area contributed by atoms with Crippen LogP contribution in [0.3, 0.4) is 0 Å². The fourth-order valence-electron chi connectivity index (χ4n) is 3.57. The number of Topliss-reactive ketones (excluding diaryl/α,β-unsaturated/α-hetero) is 1. The first-order valence-electron chi connectivity index (χ1n) is 10.1. The molecule has 1 aromatic heterocycles. The van der Waals surface area contributed by atoms with E-state index in [1.807, 2.05) is 6.92 Å². The second-order valence-corrected chi connectivity index (χ2v) is 7.11. The van der Waals surface area contributed by atoms with Gasteiger partial charge in [-0.05, 0) is 56.7 Å². The van der Waals surface area contributed by atoms with Gasteiger partial charge in [0.15, 0.2) is 0 Å². The van der Waals surface area contributed by atoms with Crippen molar-refractivity contribution in [2.45, 2.75) is 46.1 Å². The lowest BCUT2D eigenvalue weighted by Crippen LogP contribution is -2.30. The molecular weight excluding hydrogens is 370 g/mol. The smallest absolute Gasteiger partial charge is 0.295 e. The number of aliphatic hydroxyl groups is 1. The lowest BCUT2D eigenvalue weighted by atomic mass is 9.99. The van der Waals surface area contributed by atoms with Crippen molar-refractivity contribution in [3.05, 3.63) is 59.1 Å². The van der Waals surface area contributed by atoms with Gasteiger partial charge in [0.05, 0.1) is 12.2 Å². The van der Waals surface area contributed by atoms with Crippen LogP contribution in [0.5, 0.6) is 5.75 Å². The number of hydrogen-bond donors (Lipinski definition) is 1. The Kier molecular flexibility index (Phi) is 6.42. The number of rotatable bonds is 8. The van der Waals surface area contributed by atoms with E-state index in [1.165, 1.54) is 4.90 Å². The Morgan fingerprint density at radius 1 is 1.10 bits per heavy atom. The number of aliphatic hydroxyl groups excluding tert-OH is 1. The topological polar surface area (TPSA) is 80.0 Å². The van der Waals surface area contributed by atoms with Gasteiger partial charge in [0.1, 0.15) is 29.1 Å². The third-order valence-electron chi connectivity index (χ3n) is 5.01. The molecule has 6 heteroatoms. The predicted molar refractivity (Wildman–Crippen MR) is 110 cm³/mol. The van der Waals surface area contributed by atoms with Gasteiger partial charge in [0, 0.05) is 12.1 Å². The molecule has 154 valence electrons. The van der Waals surface area contributed by atoms with Gasteiger partial charge in [-0.2, -0.15) is 0 Å². The number of amides is 1. The lowest BCUT2D eigenvalue weighted by molar-refractivity contribution is -0.140. The molecule has 1 fully saturated rings. The molecule has 1 aliphatic heterocycles. The quantitative estimate of drug-likeness (QED) is 0.305. The number of ether oxygens (including phenoxy) is 1. The highest BCUT2D eigenvalue weighted by Gasteiger charge is 2.47. The van der Waals surface area contributed by atoms with Crippen molar-refractivity contribution in [3.63, 3.8) is 0 Å². The number of likely N-dealkylation sites (tertiary alicyclic amines) is 1. The van der Waals surface area contributed by atoms with E-state index in [0.29, 0.717) is 36.0 Å². The molecule has 1 atom stereocenters. The highest BCUT2D eigenvalue weighted by molar-refractivity contribution is 6.46. The van der Waals surface area contributed by atoms with Gasteiger partial charge >= 0.3 is 0 Å². The highest BCUT2D eigenvalue weighted by Crippen LogP contribution is 2.40. The molecule has 0 spiro atoms. The fourth-order valence-corrected chi connectivity index (χ4v) is 3.57. The molecule has 1 saturated heterocycles. The van der Waals surface area contributed by atoms with Crippen LogP contribution in [0.4, 0.5) is 0 Å². The van der Waals surface area contributed by atoms with Crippen molar-refractivity contribution in [2.24, 2.45) is 0 Å². The summed E-state index contributed by atoms with van der Waals surface area (Å²) in [7, 11) is 0. The maximum absolute atomic E-state index is 12.8. The molecule has 1 amide bonds. The van der Waals surface area contributed by atoms with E-state index in [1.54, 1.807) is 43.3 Å². The summed E-state index contributed by atoms with van der Waals surface area (Å²) in [6, 6.07) is 9.61. The maximum atomic E-state index is 12.8.